The van der Waals surface area contributed by atoms with Gasteiger partial charge in [0.2, 0.25) is 5.91 Å². The molecule has 0 unspecified atom stereocenters. The van der Waals surface area contributed by atoms with Crippen LogP contribution in [-0.2, 0) is 11.3 Å². The van der Waals surface area contributed by atoms with Crippen molar-refractivity contribution in [3.8, 4) is 0 Å². The van der Waals surface area contributed by atoms with E-state index in [-0.39, 0.29) is 18.5 Å². The van der Waals surface area contributed by atoms with Crippen molar-refractivity contribution in [2.24, 2.45) is 17.6 Å². The number of rotatable bonds is 6. The van der Waals surface area contributed by atoms with Crippen LogP contribution in [0.2, 0.25) is 5.02 Å². The van der Waals surface area contributed by atoms with Gasteiger partial charge in [-0.15, -0.1) is 0 Å². The standard InChI is InChI=1S/C17H23ClN4O2/c18-14-4-2-1-3-12(14)8-22-9-13(11-5-6-11)15(10-22)21-16(23)7-20-17(19)24/h1-4,11,13,15H,5-10H2,(H,21,23)(H3,19,20,24)/t13-,15+/m0/s1. The largest absolute Gasteiger partial charge is 0.352 e. The van der Waals surface area contributed by atoms with Crippen molar-refractivity contribution in [1.29, 1.82) is 0 Å². The third-order valence-electron chi connectivity index (χ3n) is 4.79. The molecule has 0 radical (unpaired) electrons. The maximum Gasteiger partial charge on any atom is 0.312 e. The molecule has 1 aliphatic heterocycles. The van der Waals surface area contributed by atoms with E-state index in [0.717, 1.165) is 30.2 Å². The van der Waals surface area contributed by atoms with Crippen molar-refractivity contribution in [2.45, 2.75) is 25.4 Å². The summed E-state index contributed by atoms with van der Waals surface area (Å²) in [7, 11) is 0. The highest BCUT2D eigenvalue weighted by molar-refractivity contribution is 6.31. The fourth-order valence-electron chi connectivity index (χ4n) is 3.49. The molecular weight excluding hydrogens is 328 g/mol. The van der Waals surface area contributed by atoms with Gasteiger partial charge >= 0.3 is 6.03 Å². The average Bonchev–Trinajstić information content (AvgIpc) is 3.31. The van der Waals surface area contributed by atoms with Crippen LogP contribution >= 0.6 is 11.6 Å². The molecule has 0 bridgehead atoms. The molecule has 1 aromatic rings. The van der Waals surface area contributed by atoms with E-state index in [1.54, 1.807) is 0 Å². The molecule has 3 rings (SSSR count). The first-order valence-corrected chi connectivity index (χ1v) is 8.69. The van der Waals surface area contributed by atoms with E-state index < -0.39 is 6.03 Å². The second kappa shape index (κ2) is 7.40. The molecule has 1 aromatic carbocycles. The quantitative estimate of drug-likeness (QED) is 0.723. The maximum atomic E-state index is 12.0. The van der Waals surface area contributed by atoms with Gasteiger partial charge in [-0.2, -0.15) is 0 Å². The molecule has 1 heterocycles. The number of primary amides is 1. The SMILES string of the molecule is NC(=O)NCC(=O)N[C@@H]1CN(Cc2ccccc2Cl)C[C@H]1C1CC1. The van der Waals surface area contributed by atoms with Gasteiger partial charge in [0.1, 0.15) is 0 Å². The van der Waals surface area contributed by atoms with Crippen LogP contribution in [0.5, 0.6) is 0 Å². The van der Waals surface area contributed by atoms with Crippen molar-refractivity contribution in [3.05, 3.63) is 34.9 Å². The van der Waals surface area contributed by atoms with Crippen LogP contribution < -0.4 is 16.4 Å². The first kappa shape index (κ1) is 17.0. The summed E-state index contributed by atoms with van der Waals surface area (Å²) in [6.45, 7) is 2.47. The van der Waals surface area contributed by atoms with E-state index in [1.807, 2.05) is 24.3 Å². The van der Waals surface area contributed by atoms with Crippen LogP contribution in [0.15, 0.2) is 24.3 Å². The Labute approximate surface area is 146 Å². The van der Waals surface area contributed by atoms with E-state index in [0.29, 0.717) is 11.8 Å². The van der Waals surface area contributed by atoms with Gasteiger partial charge in [-0.3, -0.25) is 9.69 Å². The van der Waals surface area contributed by atoms with E-state index >= 15 is 0 Å². The molecule has 2 aliphatic rings. The summed E-state index contributed by atoms with van der Waals surface area (Å²) in [5, 5.41) is 6.16. The van der Waals surface area contributed by atoms with Gasteiger partial charge in [-0.1, -0.05) is 29.8 Å². The molecule has 4 N–H and O–H groups in total. The number of amides is 3. The summed E-state index contributed by atoms with van der Waals surface area (Å²) in [6, 6.07) is 7.29. The summed E-state index contributed by atoms with van der Waals surface area (Å²) in [5.74, 6) is 0.963. The predicted octanol–water partition coefficient (Wildman–Crippen LogP) is 1.33. The van der Waals surface area contributed by atoms with Crippen molar-refractivity contribution in [3.63, 3.8) is 0 Å². The number of nitrogens with zero attached hydrogens (tertiary/aromatic N) is 1. The summed E-state index contributed by atoms with van der Waals surface area (Å²) < 4.78 is 0. The number of halogens is 1. The molecule has 3 amide bonds. The Bertz CT molecular complexity index is 620. The normalized spacial score (nSPS) is 23.9. The van der Waals surface area contributed by atoms with E-state index in [4.69, 9.17) is 17.3 Å². The number of nitrogens with one attached hydrogen (secondary N) is 2. The number of hydrogen-bond donors (Lipinski definition) is 3. The lowest BCUT2D eigenvalue weighted by molar-refractivity contribution is -0.121. The summed E-state index contributed by atoms with van der Waals surface area (Å²) in [5.41, 5.74) is 6.11. The third-order valence-corrected chi connectivity index (χ3v) is 5.16. The fourth-order valence-corrected chi connectivity index (χ4v) is 3.69. The van der Waals surface area contributed by atoms with Crippen LogP contribution in [0.25, 0.3) is 0 Å². The van der Waals surface area contributed by atoms with Crippen LogP contribution in [0.1, 0.15) is 18.4 Å². The number of benzene rings is 1. The number of carbonyl (C=O) groups is 2. The molecule has 1 saturated heterocycles. The molecule has 7 heteroatoms. The molecule has 0 aromatic heterocycles. The van der Waals surface area contributed by atoms with Crippen LogP contribution in [0, 0.1) is 11.8 Å². The maximum absolute atomic E-state index is 12.0. The Morgan fingerprint density at radius 2 is 2.00 bits per heavy atom. The van der Waals surface area contributed by atoms with Crippen LogP contribution in [0.3, 0.4) is 0 Å². The minimum atomic E-state index is -0.685. The molecule has 0 spiro atoms. The Balaban J connectivity index is 1.59. The van der Waals surface area contributed by atoms with Gasteiger partial charge in [0.15, 0.2) is 0 Å². The molecule has 1 saturated carbocycles. The average molecular weight is 351 g/mol. The number of hydrogen-bond acceptors (Lipinski definition) is 3. The Morgan fingerprint density at radius 3 is 2.67 bits per heavy atom. The monoisotopic (exact) mass is 350 g/mol. The first-order valence-electron chi connectivity index (χ1n) is 8.31. The molecule has 24 heavy (non-hydrogen) atoms. The topological polar surface area (TPSA) is 87.5 Å². The lowest BCUT2D eigenvalue weighted by Gasteiger charge is -2.19. The van der Waals surface area contributed by atoms with Gasteiger partial charge in [0.05, 0.1) is 6.54 Å². The fraction of sp³-hybridized carbons (Fsp3) is 0.529. The second-order valence-electron chi connectivity index (χ2n) is 6.68. The Kier molecular flexibility index (Phi) is 5.26. The van der Waals surface area contributed by atoms with Crippen molar-refractivity contribution in [2.75, 3.05) is 19.6 Å². The van der Waals surface area contributed by atoms with Gasteiger partial charge in [-0.05, 0) is 36.3 Å². The van der Waals surface area contributed by atoms with Gasteiger partial charge in [0, 0.05) is 30.7 Å². The smallest absolute Gasteiger partial charge is 0.312 e. The third kappa shape index (κ3) is 4.39. The minimum Gasteiger partial charge on any atom is -0.352 e. The molecule has 2 fully saturated rings. The highest BCUT2D eigenvalue weighted by Crippen LogP contribution is 2.41. The minimum absolute atomic E-state index is 0.0757. The second-order valence-corrected chi connectivity index (χ2v) is 7.09. The van der Waals surface area contributed by atoms with Gasteiger partial charge in [0.25, 0.3) is 0 Å². The lowest BCUT2D eigenvalue weighted by Crippen LogP contribution is -2.46. The van der Waals surface area contributed by atoms with Crippen molar-refractivity contribution < 1.29 is 9.59 Å². The van der Waals surface area contributed by atoms with Crippen molar-refractivity contribution in [1.82, 2.24) is 15.5 Å². The zero-order chi connectivity index (χ0) is 17.1. The molecule has 6 nitrogen and oxygen atoms in total. The molecular formula is C17H23ClN4O2. The Morgan fingerprint density at radius 1 is 1.25 bits per heavy atom. The van der Waals surface area contributed by atoms with Crippen LogP contribution in [-0.4, -0.2) is 42.5 Å². The van der Waals surface area contributed by atoms with E-state index in [9.17, 15) is 9.59 Å². The predicted molar refractivity (Wildman–Crippen MR) is 92.5 cm³/mol. The Hall–Kier alpha value is -1.79. The summed E-state index contributed by atoms with van der Waals surface area (Å²) in [6.07, 6.45) is 2.47. The number of nitrogens with two attached hydrogens (primary N) is 1. The number of carbonyl (C=O) groups excluding carboxylic acids is 2. The van der Waals surface area contributed by atoms with Gasteiger partial charge < -0.3 is 16.4 Å². The molecule has 130 valence electrons. The first-order chi connectivity index (χ1) is 11.5. The molecule has 1 aliphatic carbocycles. The van der Waals surface area contributed by atoms with Crippen LogP contribution in [0.4, 0.5) is 4.79 Å². The summed E-state index contributed by atoms with van der Waals surface area (Å²) in [4.78, 5) is 25.1. The van der Waals surface area contributed by atoms with Crippen molar-refractivity contribution >= 4 is 23.5 Å². The zero-order valence-corrected chi connectivity index (χ0v) is 14.3. The highest BCUT2D eigenvalue weighted by Gasteiger charge is 2.42. The number of urea groups is 1. The lowest BCUT2D eigenvalue weighted by atomic mass is 9.98. The van der Waals surface area contributed by atoms with Gasteiger partial charge in [-0.25, -0.2) is 4.79 Å². The van der Waals surface area contributed by atoms with E-state index in [1.165, 1.54) is 12.8 Å². The highest BCUT2D eigenvalue weighted by atomic mass is 35.5. The summed E-state index contributed by atoms with van der Waals surface area (Å²) >= 11 is 6.26. The van der Waals surface area contributed by atoms with E-state index in [2.05, 4.69) is 15.5 Å². The zero-order valence-electron chi connectivity index (χ0n) is 13.5. The number of likely N-dealkylation sites (tertiary alicyclic amines) is 1. The molecule has 2 atom stereocenters.